The summed E-state index contributed by atoms with van der Waals surface area (Å²) in [5.41, 5.74) is 0. The number of unbranched alkanes of at least 4 members (excludes halogenated alkanes) is 2. The summed E-state index contributed by atoms with van der Waals surface area (Å²) in [4.78, 5) is 11.2. The van der Waals surface area contributed by atoms with Gasteiger partial charge in [0.25, 0.3) is 0 Å². The summed E-state index contributed by atoms with van der Waals surface area (Å²) in [7, 11) is 0. The van der Waals surface area contributed by atoms with Gasteiger partial charge in [0.15, 0.2) is 0 Å². The van der Waals surface area contributed by atoms with Crippen LogP contribution in [-0.2, 0) is 4.79 Å². The van der Waals surface area contributed by atoms with Crippen LogP contribution < -0.4 is 0 Å². The average molecular weight is 357 g/mol. The molecule has 0 radical (unpaired) electrons. The fourth-order valence-corrected chi connectivity index (χ4v) is 3.30. The number of aliphatic carboxylic acids is 1. The summed E-state index contributed by atoms with van der Waals surface area (Å²) in [6.07, 6.45) is 12.0. The topological polar surface area (TPSA) is 57.5 Å². The van der Waals surface area contributed by atoms with Gasteiger partial charge in [0.2, 0.25) is 0 Å². The van der Waals surface area contributed by atoms with Crippen molar-refractivity contribution >= 4 is 5.97 Å². The molecule has 0 aromatic rings. The van der Waals surface area contributed by atoms with Crippen molar-refractivity contribution in [3.8, 4) is 0 Å². The SMILES string of the molecule is CC/C=C/CCC(O)C[N+](CCCC)(CCCC)CCC(C)C(=O)O. The molecule has 2 N–H and O–H groups in total. The summed E-state index contributed by atoms with van der Waals surface area (Å²) in [6, 6.07) is 0. The molecule has 0 saturated carbocycles. The average Bonchev–Trinajstić information content (AvgIpc) is 2.59. The van der Waals surface area contributed by atoms with Crippen LogP contribution in [0, 0.1) is 5.92 Å². The zero-order chi connectivity index (χ0) is 19.1. The Hall–Kier alpha value is -0.870. The van der Waals surface area contributed by atoms with Crippen molar-refractivity contribution in [2.75, 3.05) is 26.2 Å². The number of hydrogen-bond donors (Lipinski definition) is 2. The van der Waals surface area contributed by atoms with E-state index < -0.39 is 5.97 Å². The summed E-state index contributed by atoms with van der Waals surface area (Å²) < 4.78 is 0.873. The van der Waals surface area contributed by atoms with Crippen LogP contribution in [0.1, 0.15) is 79.1 Å². The van der Waals surface area contributed by atoms with Gasteiger partial charge in [-0.15, -0.1) is 0 Å². The van der Waals surface area contributed by atoms with Crippen LogP contribution in [0.15, 0.2) is 12.2 Å². The predicted molar refractivity (Wildman–Crippen MR) is 106 cm³/mol. The maximum Gasteiger partial charge on any atom is 0.306 e. The highest BCUT2D eigenvalue weighted by Crippen LogP contribution is 2.19. The Morgan fingerprint density at radius 2 is 1.60 bits per heavy atom. The number of quaternary nitrogens is 1. The van der Waals surface area contributed by atoms with Crippen molar-refractivity contribution in [3.05, 3.63) is 12.2 Å². The number of nitrogens with zero attached hydrogens (tertiary/aromatic N) is 1. The Morgan fingerprint density at radius 1 is 1.00 bits per heavy atom. The zero-order valence-corrected chi connectivity index (χ0v) is 17.0. The summed E-state index contributed by atoms with van der Waals surface area (Å²) >= 11 is 0. The number of carboxylic acids is 1. The highest BCUT2D eigenvalue weighted by atomic mass is 16.4. The minimum absolute atomic E-state index is 0.310. The van der Waals surface area contributed by atoms with Crippen molar-refractivity contribution in [1.29, 1.82) is 0 Å². The van der Waals surface area contributed by atoms with Crippen molar-refractivity contribution in [2.24, 2.45) is 5.92 Å². The number of carboxylic acid groups (broad SMARTS) is 1. The molecule has 0 aromatic carbocycles. The lowest BCUT2D eigenvalue weighted by Crippen LogP contribution is -2.54. The number of allylic oxidation sites excluding steroid dienone is 2. The molecule has 0 saturated heterocycles. The van der Waals surface area contributed by atoms with Gasteiger partial charge in [0.1, 0.15) is 12.6 Å². The van der Waals surface area contributed by atoms with Gasteiger partial charge in [-0.3, -0.25) is 4.79 Å². The van der Waals surface area contributed by atoms with E-state index in [0.29, 0.717) is 6.42 Å². The molecule has 25 heavy (non-hydrogen) atoms. The highest BCUT2D eigenvalue weighted by Gasteiger charge is 2.30. The van der Waals surface area contributed by atoms with Crippen LogP contribution in [0.25, 0.3) is 0 Å². The van der Waals surface area contributed by atoms with Crippen LogP contribution in [0.5, 0.6) is 0 Å². The lowest BCUT2D eigenvalue weighted by atomic mass is 10.0. The third-order valence-corrected chi connectivity index (χ3v) is 5.10. The lowest BCUT2D eigenvalue weighted by Gasteiger charge is -2.41. The lowest BCUT2D eigenvalue weighted by molar-refractivity contribution is -0.931. The van der Waals surface area contributed by atoms with Gasteiger partial charge in [0.05, 0.1) is 25.6 Å². The first-order valence-corrected chi connectivity index (χ1v) is 10.3. The van der Waals surface area contributed by atoms with Gasteiger partial charge in [0, 0.05) is 6.42 Å². The first-order chi connectivity index (χ1) is 11.9. The molecule has 0 spiro atoms. The number of carbonyl (C=O) groups is 1. The second-order valence-electron chi connectivity index (χ2n) is 7.54. The van der Waals surface area contributed by atoms with E-state index in [2.05, 4.69) is 32.9 Å². The molecule has 0 aliphatic heterocycles. The third-order valence-electron chi connectivity index (χ3n) is 5.10. The molecule has 0 aliphatic carbocycles. The number of hydrogen-bond acceptors (Lipinski definition) is 2. The van der Waals surface area contributed by atoms with Crippen LogP contribution in [0.2, 0.25) is 0 Å². The van der Waals surface area contributed by atoms with Crippen molar-refractivity contribution in [1.82, 2.24) is 0 Å². The Bertz CT molecular complexity index is 360. The minimum atomic E-state index is -0.714. The largest absolute Gasteiger partial charge is 0.481 e. The smallest absolute Gasteiger partial charge is 0.306 e. The molecule has 2 atom stereocenters. The van der Waals surface area contributed by atoms with E-state index in [1.165, 1.54) is 0 Å². The Kier molecular flexibility index (Phi) is 13.8. The van der Waals surface area contributed by atoms with Crippen molar-refractivity contribution < 1.29 is 19.5 Å². The summed E-state index contributed by atoms with van der Waals surface area (Å²) in [5, 5.41) is 19.8. The van der Waals surface area contributed by atoms with Crippen LogP contribution in [0.4, 0.5) is 0 Å². The Labute approximate surface area is 155 Å². The molecular formula is C21H42NO3+. The fraction of sp³-hybridized carbons (Fsp3) is 0.857. The van der Waals surface area contributed by atoms with Crippen molar-refractivity contribution in [2.45, 2.75) is 85.2 Å². The molecule has 0 heterocycles. The van der Waals surface area contributed by atoms with Crippen molar-refractivity contribution in [3.63, 3.8) is 0 Å². The standard InChI is InChI=1S/C21H41NO3/c1-5-8-11-12-13-20(23)18-22(15-9-6-2,16-10-7-3)17-14-19(4)21(24)25/h8,11,19-20,23H,5-7,9-10,12-18H2,1-4H3/p+1/b11-8+. The first-order valence-electron chi connectivity index (χ1n) is 10.3. The Balaban J connectivity index is 4.94. The predicted octanol–water partition coefficient (Wildman–Crippen LogP) is 4.62. The molecule has 4 nitrogen and oxygen atoms in total. The molecule has 0 fully saturated rings. The monoisotopic (exact) mass is 356 g/mol. The van der Waals surface area contributed by atoms with Crippen LogP contribution in [-0.4, -0.2) is 52.9 Å². The molecule has 0 bridgehead atoms. The van der Waals surface area contributed by atoms with Gasteiger partial charge in [-0.1, -0.05) is 52.7 Å². The van der Waals surface area contributed by atoms with Gasteiger partial charge >= 0.3 is 5.97 Å². The zero-order valence-electron chi connectivity index (χ0n) is 17.0. The number of aliphatic hydroxyl groups excluding tert-OH is 1. The van der Waals surface area contributed by atoms with Gasteiger partial charge in [-0.2, -0.15) is 0 Å². The molecule has 0 rings (SSSR count). The summed E-state index contributed by atoms with van der Waals surface area (Å²) in [6.45, 7) is 12.0. The molecule has 0 amide bonds. The fourth-order valence-electron chi connectivity index (χ4n) is 3.30. The number of aliphatic hydroxyl groups is 1. The molecule has 4 heteroatoms. The van der Waals surface area contributed by atoms with E-state index in [4.69, 9.17) is 0 Å². The minimum Gasteiger partial charge on any atom is -0.481 e. The second kappa shape index (κ2) is 14.3. The maximum absolute atomic E-state index is 11.2. The maximum atomic E-state index is 11.2. The summed E-state index contributed by atoms with van der Waals surface area (Å²) in [5.74, 6) is -1.03. The number of rotatable bonds is 16. The molecule has 2 unspecified atom stereocenters. The van der Waals surface area contributed by atoms with Gasteiger partial charge < -0.3 is 14.7 Å². The second-order valence-corrected chi connectivity index (χ2v) is 7.54. The van der Waals surface area contributed by atoms with E-state index in [0.717, 1.165) is 75.6 Å². The van der Waals surface area contributed by atoms with E-state index in [1.807, 2.05) is 0 Å². The Morgan fingerprint density at radius 3 is 2.08 bits per heavy atom. The van der Waals surface area contributed by atoms with Crippen LogP contribution in [0.3, 0.4) is 0 Å². The molecule has 148 valence electrons. The van der Waals surface area contributed by atoms with Crippen LogP contribution >= 0.6 is 0 Å². The van der Waals surface area contributed by atoms with E-state index in [-0.39, 0.29) is 12.0 Å². The van der Waals surface area contributed by atoms with E-state index in [1.54, 1.807) is 6.92 Å². The van der Waals surface area contributed by atoms with Gasteiger partial charge in [-0.25, -0.2) is 0 Å². The van der Waals surface area contributed by atoms with E-state index >= 15 is 0 Å². The molecule has 0 aromatic heterocycles. The third kappa shape index (κ3) is 11.4. The quantitative estimate of drug-likeness (QED) is 0.313. The molecular weight excluding hydrogens is 314 g/mol. The van der Waals surface area contributed by atoms with E-state index in [9.17, 15) is 15.0 Å². The highest BCUT2D eigenvalue weighted by molar-refractivity contribution is 5.69. The normalized spacial score (nSPS) is 14.8. The van der Waals surface area contributed by atoms with Gasteiger partial charge in [-0.05, 0) is 32.1 Å². The first kappa shape index (κ1) is 24.1. The molecule has 0 aliphatic rings.